The number of carbonyl (C=O) groups excluding carboxylic acids is 1. The van der Waals surface area contributed by atoms with Gasteiger partial charge in [0.2, 0.25) is 0 Å². The lowest BCUT2D eigenvalue weighted by Crippen LogP contribution is -2.34. The fourth-order valence-corrected chi connectivity index (χ4v) is 2.44. The largest absolute Gasteiger partial charge is 0.489 e. The third-order valence-corrected chi connectivity index (χ3v) is 3.78. The Morgan fingerprint density at radius 1 is 1.37 bits per heavy atom. The van der Waals surface area contributed by atoms with Gasteiger partial charge in [0.05, 0.1) is 23.7 Å². The highest BCUT2D eigenvalue weighted by Gasteiger charge is 2.16. The molecule has 0 saturated carbocycles. The molecule has 0 aliphatic rings. The number of aromatic nitrogens is 2. The van der Waals surface area contributed by atoms with Crippen LogP contribution in [-0.2, 0) is 11.3 Å². The van der Waals surface area contributed by atoms with Crippen LogP contribution in [0.1, 0.15) is 40.5 Å². The molecule has 0 aliphatic heterocycles. The zero-order valence-electron chi connectivity index (χ0n) is 16.4. The Morgan fingerprint density at radius 3 is 2.81 bits per heavy atom. The van der Waals surface area contributed by atoms with Crippen molar-refractivity contribution in [2.75, 3.05) is 13.2 Å². The molecular formula is C20H28FN3O3. The van der Waals surface area contributed by atoms with Gasteiger partial charge in [0.15, 0.2) is 0 Å². The van der Waals surface area contributed by atoms with E-state index in [0.717, 1.165) is 30.4 Å². The maximum Gasteiger partial charge on any atom is 0.407 e. The third kappa shape index (κ3) is 6.58. The minimum Gasteiger partial charge on any atom is -0.489 e. The molecule has 0 fully saturated rings. The maximum atomic E-state index is 13.1. The smallest absolute Gasteiger partial charge is 0.407 e. The molecule has 0 atom stereocenters. The highest BCUT2D eigenvalue weighted by atomic mass is 19.1. The van der Waals surface area contributed by atoms with Crippen LogP contribution >= 0.6 is 0 Å². The summed E-state index contributed by atoms with van der Waals surface area (Å²) in [7, 11) is 0. The van der Waals surface area contributed by atoms with Gasteiger partial charge in [-0.15, -0.1) is 0 Å². The van der Waals surface area contributed by atoms with Crippen LogP contribution in [0.5, 0.6) is 5.75 Å². The van der Waals surface area contributed by atoms with E-state index in [1.807, 2.05) is 24.5 Å². The van der Waals surface area contributed by atoms with E-state index in [4.69, 9.17) is 9.47 Å². The molecule has 1 aromatic carbocycles. The van der Waals surface area contributed by atoms with Gasteiger partial charge in [0, 0.05) is 24.7 Å². The first-order chi connectivity index (χ1) is 12.8. The summed E-state index contributed by atoms with van der Waals surface area (Å²) < 4.78 is 25.9. The lowest BCUT2D eigenvalue weighted by atomic mass is 10.2. The Hall–Kier alpha value is -2.57. The number of nitrogens with one attached hydrogen (secondary N) is 1. The van der Waals surface area contributed by atoms with Gasteiger partial charge in [-0.3, -0.25) is 0 Å². The zero-order valence-corrected chi connectivity index (χ0v) is 16.4. The average molecular weight is 377 g/mol. The Balaban J connectivity index is 1.89. The number of halogens is 1. The molecule has 0 aliphatic carbocycles. The van der Waals surface area contributed by atoms with E-state index < -0.39 is 11.7 Å². The van der Waals surface area contributed by atoms with Crippen molar-refractivity contribution in [1.82, 2.24) is 14.9 Å². The maximum absolute atomic E-state index is 13.1. The van der Waals surface area contributed by atoms with E-state index in [0.29, 0.717) is 17.7 Å². The molecule has 0 radical (unpaired) electrons. The van der Waals surface area contributed by atoms with Crippen LogP contribution in [0.25, 0.3) is 11.0 Å². The Kier molecular flexibility index (Phi) is 7.21. The van der Waals surface area contributed by atoms with Crippen molar-refractivity contribution in [2.24, 2.45) is 0 Å². The van der Waals surface area contributed by atoms with Gasteiger partial charge in [-0.1, -0.05) is 13.3 Å². The molecule has 2 aromatic rings. The highest BCUT2D eigenvalue weighted by Crippen LogP contribution is 2.21. The number of aryl methyl sites for hydroxylation is 1. The van der Waals surface area contributed by atoms with Crippen molar-refractivity contribution in [1.29, 1.82) is 0 Å². The number of alkyl carbamates (subject to hydrolysis) is 1. The van der Waals surface area contributed by atoms with E-state index in [-0.39, 0.29) is 13.2 Å². The SMILES string of the molecule is CCCCn1cnc2cc(OC/C(=C/F)CNC(=O)OC(C)(C)C)ccc21. The lowest BCUT2D eigenvalue weighted by molar-refractivity contribution is 0.0531. The van der Waals surface area contributed by atoms with Crippen molar-refractivity contribution < 1.29 is 18.7 Å². The number of ether oxygens (including phenoxy) is 2. The van der Waals surface area contributed by atoms with Crippen molar-refractivity contribution >= 4 is 17.1 Å². The van der Waals surface area contributed by atoms with E-state index >= 15 is 0 Å². The number of rotatable bonds is 8. The standard InChI is InChI=1S/C20H28FN3O3/c1-5-6-9-24-14-23-17-10-16(7-8-18(17)24)26-13-15(11-21)12-22-19(25)27-20(2,3)4/h7-8,10-11,14H,5-6,9,12-13H2,1-4H3,(H,22,25)/b15-11+. The van der Waals surface area contributed by atoms with Crippen LogP contribution in [-0.4, -0.2) is 34.4 Å². The molecule has 148 valence electrons. The van der Waals surface area contributed by atoms with Crippen LogP contribution in [0.15, 0.2) is 36.4 Å². The second kappa shape index (κ2) is 9.39. The first-order valence-corrected chi connectivity index (χ1v) is 9.15. The minimum atomic E-state index is -0.601. The second-order valence-electron chi connectivity index (χ2n) is 7.35. The number of hydrogen-bond acceptors (Lipinski definition) is 4. The first kappa shape index (κ1) is 20.7. The normalized spacial score (nSPS) is 12.3. The van der Waals surface area contributed by atoms with Gasteiger partial charge < -0.3 is 19.4 Å². The summed E-state index contributed by atoms with van der Waals surface area (Å²) in [5.41, 5.74) is 1.58. The molecule has 1 amide bonds. The molecule has 0 saturated heterocycles. The predicted octanol–water partition coefficient (Wildman–Crippen LogP) is 4.59. The fourth-order valence-electron chi connectivity index (χ4n) is 2.44. The third-order valence-electron chi connectivity index (χ3n) is 3.78. The predicted molar refractivity (Wildman–Crippen MR) is 104 cm³/mol. The second-order valence-corrected chi connectivity index (χ2v) is 7.35. The van der Waals surface area contributed by atoms with E-state index in [1.165, 1.54) is 0 Å². The number of carbonyl (C=O) groups is 1. The number of amides is 1. The summed E-state index contributed by atoms with van der Waals surface area (Å²) in [6, 6.07) is 5.61. The number of hydrogen-bond donors (Lipinski definition) is 1. The summed E-state index contributed by atoms with van der Waals surface area (Å²) in [6.45, 7) is 8.41. The molecule has 1 aromatic heterocycles. The first-order valence-electron chi connectivity index (χ1n) is 9.15. The van der Waals surface area contributed by atoms with Gasteiger partial charge in [-0.05, 0) is 39.3 Å². The summed E-state index contributed by atoms with van der Waals surface area (Å²) >= 11 is 0. The number of benzene rings is 1. The molecule has 2 rings (SSSR count). The van der Waals surface area contributed by atoms with Gasteiger partial charge >= 0.3 is 6.09 Å². The van der Waals surface area contributed by atoms with E-state index in [9.17, 15) is 9.18 Å². The number of fused-ring (bicyclic) bond motifs is 1. The van der Waals surface area contributed by atoms with Gasteiger partial charge in [-0.2, -0.15) is 0 Å². The minimum absolute atomic E-state index is 0.0132. The lowest BCUT2D eigenvalue weighted by Gasteiger charge is -2.20. The van der Waals surface area contributed by atoms with Gasteiger partial charge in [0.1, 0.15) is 18.0 Å². The van der Waals surface area contributed by atoms with Gasteiger partial charge in [0.25, 0.3) is 0 Å². The molecule has 27 heavy (non-hydrogen) atoms. The van der Waals surface area contributed by atoms with Gasteiger partial charge in [-0.25, -0.2) is 14.2 Å². The fraction of sp³-hybridized carbons (Fsp3) is 0.500. The highest BCUT2D eigenvalue weighted by molar-refractivity contribution is 5.77. The van der Waals surface area contributed by atoms with Crippen LogP contribution in [0.2, 0.25) is 0 Å². The summed E-state index contributed by atoms with van der Waals surface area (Å²) in [5.74, 6) is 0.597. The number of nitrogens with zero attached hydrogens (tertiary/aromatic N) is 2. The van der Waals surface area contributed by atoms with Crippen LogP contribution in [0.3, 0.4) is 0 Å². The molecule has 6 nitrogen and oxygen atoms in total. The Morgan fingerprint density at radius 2 is 2.15 bits per heavy atom. The summed E-state index contributed by atoms with van der Waals surface area (Å²) in [6.07, 6.45) is 3.88. The van der Waals surface area contributed by atoms with E-state index in [1.54, 1.807) is 20.8 Å². The number of imidazole rings is 1. The van der Waals surface area contributed by atoms with Crippen molar-refractivity contribution in [3.05, 3.63) is 36.4 Å². The molecular weight excluding hydrogens is 349 g/mol. The molecule has 1 heterocycles. The van der Waals surface area contributed by atoms with E-state index in [2.05, 4.69) is 21.8 Å². The summed E-state index contributed by atoms with van der Waals surface area (Å²) in [4.78, 5) is 16.0. The monoisotopic (exact) mass is 377 g/mol. The molecule has 0 bridgehead atoms. The van der Waals surface area contributed by atoms with Crippen molar-refractivity contribution in [2.45, 2.75) is 52.7 Å². The molecule has 0 spiro atoms. The molecule has 1 N–H and O–H groups in total. The topological polar surface area (TPSA) is 65.4 Å². The quantitative estimate of drug-likeness (QED) is 0.730. The van der Waals surface area contributed by atoms with Crippen LogP contribution in [0.4, 0.5) is 9.18 Å². The number of unbranched alkanes of at least 4 members (excludes halogenated alkanes) is 1. The van der Waals surface area contributed by atoms with Crippen molar-refractivity contribution in [3.8, 4) is 5.75 Å². The summed E-state index contributed by atoms with van der Waals surface area (Å²) in [5, 5.41) is 2.51. The Bertz CT molecular complexity index is 793. The van der Waals surface area contributed by atoms with Crippen molar-refractivity contribution in [3.63, 3.8) is 0 Å². The zero-order chi connectivity index (χ0) is 19.9. The van der Waals surface area contributed by atoms with Crippen LogP contribution in [0, 0.1) is 0 Å². The molecule has 0 unspecified atom stereocenters. The average Bonchev–Trinajstić information content (AvgIpc) is 3.00. The Labute approximate surface area is 159 Å². The molecule has 7 heteroatoms. The van der Waals surface area contributed by atoms with Crippen LogP contribution < -0.4 is 10.1 Å².